The van der Waals surface area contributed by atoms with Gasteiger partial charge >= 0.3 is 0 Å². The molecule has 4 nitrogen and oxygen atoms in total. The summed E-state index contributed by atoms with van der Waals surface area (Å²) in [4.78, 5) is 0. The highest BCUT2D eigenvalue weighted by Gasteiger charge is 2.21. The Labute approximate surface area is 112 Å². The molecule has 102 valence electrons. The van der Waals surface area contributed by atoms with Crippen LogP contribution in [-0.4, -0.2) is 9.78 Å². The molecular weight excluding hydrogens is 243 g/mol. The highest BCUT2D eigenvalue weighted by atomic mass is 19.1. The van der Waals surface area contributed by atoms with Gasteiger partial charge in [-0.2, -0.15) is 5.10 Å². The molecule has 2 rings (SSSR count). The van der Waals surface area contributed by atoms with E-state index in [2.05, 4.69) is 10.5 Å². The smallest absolute Gasteiger partial charge is 0.128 e. The van der Waals surface area contributed by atoms with E-state index in [1.54, 1.807) is 10.7 Å². The van der Waals surface area contributed by atoms with Crippen molar-refractivity contribution in [3.63, 3.8) is 0 Å². The Bertz CT molecular complexity index is 577. The molecule has 0 aliphatic heterocycles. The fourth-order valence-corrected chi connectivity index (χ4v) is 2.30. The third-order valence-corrected chi connectivity index (χ3v) is 3.21. The van der Waals surface area contributed by atoms with Crippen LogP contribution < -0.4 is 11.3 Å². The highest BCUT2D eigenvalue weighted by Crippen LogP contribution is 2.27. The zero-order chi connectivity index (χ0) is 14.0. The minimum atomic E-state index is -0.386. The Balaban J connectivity index is 2.52. The second kappa shape index (κ2) is 5.50. The van der Waals surface area contributed by atoms with Crippen molar-refractivity contribution >= 4 is 0 Å². The van der Waals surface area contributed by atoms with Crippen molar-refractivity contribution in [2.24, 2.45) is 12.9 Å². The number of hydrogen-bond donors (Lipinski definition) is 2. The van der Waals surface area contributed by atoms with E-state index in [-0.39, 0.29) is 11.9 Å². The number of hydrogen-bond acceptors (Lipinski definition) is 3. The quantitative estimate of drug-likeness (QED) is 0.654. The molecule has 1 aromatic carbocycles. The minimum Gasteiger partial charge on any atom is -0.275 e. The molecule has 0 saturated carbocycles. The zero-order valence-corrected chi connectivity index (χ0v) is 11.4. The highest BCUT2D eigenvalue weighted by molar-refractivity contribution is 5.36. The Morgan fingerprint density at radius 2 is 2.16 bits per heavy atom. The number of aryl methyl sites for hydroxylation is 3. The SMILES string of the molecule is CCc1nn(C)cc1C(NN)c1cc(C)ccc1F. The van der Waals surface area contributed by atoms with Crippen molar-refractivity contribution in [3.05, 3.63) is 52.6 Å². The molecular formula is C14H19FN4. The largest absolute Gasteiger partial charge is 0.275 e. The molecule has 1 atom stereocenters. The zero-order valence-electron chi connectivity index (χ0n) is 11.4. The monoisotopic (exact) mass is 262 g/mol. The summed E-state index contributed by atoms with van der Waals surface area (Å²) in [6.07, 6.45) is 2.66. The fourth-order valence-electron chi connectivity index (χ4n) is 2.30. The maximum Gasteiger partial charge on any atom is 0.128 e. The van der Waals surface area contributed by atoms with Crippen molar-refractivity contribution in [2.45, 2.75) is 26.3 Å². The average Bonchev–Trinajstić information content (AvgIpc) is 2.76. The molecule has 19 heavy (non-hydrogen) atoms. The van der Waals surface area contributed by atoms with Crippen LogP contribution in [0.2, 0.25) is 0 Å². The number of nitrogens with two attached hydrogens (primary N) is 1. The maximum absolute atomic E-state index is 14.0. The van der Waals surface area contributed by atoms with Crippen LogP contribution in [-0.2, 0) is 13.5 Å². The first-order valence-electron chi connectivity index (χ1n) is 6.31. The first-order valence-corrected chi connectivity index (χ1v) is 6.31. The molecule has 1 unspecified atom stereocenters. The van der Waals surface area contributed by atoms with Gasteiger partial charge in [-0.1, -0.05) is 24.6 Å². The molecule has 5 heteroatoms. The second-order valence-corrected chi connectivity index (χ2v) is 4.68. The van der Waals surface area contributed by atoms with Crippen molar-refractivity contribution in [1.82, 2.24) is 15.2 Å². The molecule has 1 heterocycles. The van der Waals surface area contributed by atoms with E-state index in [9.17, 15) is 4.39 Å². The number of nitrogens with zero attached hydrogens (tertiary/aromatic N) is 2. The molecule has 0 aliphatic rings. The third kappa shape index (κ3) is 2.67. The molecule has 0 radical (unpaired) electrons. The Morgan fingerprint density at radius 3 is 2.79 bits per heavy atom. The molecule has 0 fully saturated rings. The number of rotatable bonds is 4. The van der Waals surface area contributed by atoms with Crippen LogP contribution >= 0.6 is 0 Å². The molecule has 0 bridgehead atoms. The van der Waals surface area contributed by atoms with Crippen LogP contribution in [0, 0.1) is 12.7 Å². The van der Waals surface area contributed by atoms with Gasteiger partial charge in [-0.25, -0.2) is 9.82 Å². The number of hydrazine groups is 1. The molecule has 0 aliphatic carbocycles. The number of aromatic nitrogens is 2. The Kier molecular flexibility index (Phi) is 3.97. The van der Waals surface area contributed by atoms with Gasteiger partial charge in [0.05, 0.1) is 11.7 Å². The van der Waals surface area contributed by atoms with Crippen LogP contribution in [0.3, 0.4) is 0 Å². The molecule has 3 N–H and O–H groups in total. The van der Waals surface area contributed by atoms with Crippen molar-refractivity contribution in [1.29, 1.82) is 0 Å². The van der Waals surface area contributed by atoms with Crippen LogP contribution in [0.15, 0.2) is 24.4 Å². The lowest BCUT2D eigenvalue weighted by atomic mass is 9.97. The van der Waals surface area contributed by atoms with Gasteiger partial charge in [0.2, 0.25) is 0 Å². The summed E-state index contributed by atoms with van der Waals surface area (Å²) in [6, 6.07) is 4.64. The van der Waals surface area contributed by atoms with Crippen molar-refractivity contribution in [2.75, 3.05) is 0 Å². The topological polar surface area (TPSA) is 55.9 Å². The van der Waals surface area contributed by atoms with E-state index in [4.69, 9.17) is 5.84 Å². The normalized spacial score (nSPS) is 12.7. The van der Waals surface area contributed by atoms with Gasteiger partial charge in [-0.15, -0.1) is 0 Å². The minimum absolute atomic E-state index is 0.264. The summed E-state index contributed by atoms with van der Waals surface area (Å²) in [6.45, 7) is 3.95. The van der Waals surface area contributed by atoms with Gasteiger partial charge in [0.25, 0.3) is 0 Å². The summed E-state index contributed by atoms with van der Waals surface area (Å²) in [7, 11) is 1.85. The third-order valence-electron chi connectivity index (χ3n) is 3.21. The van der Waals surface area contributed by atoms with Gasteiger partial charge in [0.15, 0.2) is 0 Å². The van der Waals surface area contributed by atoms with Gasteiger partial charge < -0.3 is 0 Å². The number of halogens is 1. The molecule has 0 spiro atoms. The van der Waals surface area contributed by atoms with Crippen LogP contribution in [0.4, 0.5) is 4.39 Å². The second-order valence-electron chi connectivity index (χ2n) is 4.68. The van der Waals surface area contributed by atoms with E-state index in [1.165, 1.54) is 6.07 Å². The summed E-state index contributed by atoms with van der Waals surface area (Å²) < 4.78 is 15.7. The van der Waals surface area contributed by atoms with Crippen molar-refractivity contribution in [3.8, 4) is 0 Å². The Morgan fingerprint density at radius 1 is 1.42 bits per heavy atom. The lowest BCUT2D eigenvalue weighted by molar-refractivity contribution is 0.557. The predicted octanol–water partition coefficient (Wildman–Crippen LogP) is 1.98. The lowest BCUT2D eigenvalue weighted by Crippen LogP contribution is -2.30. The van der Waals surface area contributed by atoms with Gasteiger partial charge in [-0.05, 0) is 19.4 Å². The van der Waals surface area contributed by atoms with E-state index in [0.29, 0.717) is 5.56 Å². The van der Waals surface area contributed by atoms with E-state index >= 15 is 0 Å². The van der Waals surface area contributed by atoms with Gasteiger partial charge in [0.1, 0.15) is 5.82 Å². The van der Waals surface area contributed by atoms with Crippen molar-refractivity contribution < 1.29 is 4.39 Å². The van der Waals surface area contributed by atoms with Gasteiger partial charge in [-0.3, -0.25) is 10.5 Å². The summed E-state index contributed by atoms with van der Waals surface area (Å²) in [5.74, 6) is 5.37. The summed E-state index contributed by atoms with van der Waals surface area (Å²) in [5.41, 5.74) is 6.08. The standard InChI is InChI=1S/C14H19FN4/c1-4-13-11(8-19(3)18-13)14(17-16)10-7-9(2)5-6-12(10)15/h5-8,14,17H,4,16H2,1-3H3. The van der Waals surface area contributed by atoms with E-state index in [1.807, 2.05) is 33.2 Å². The van der Waals surface area contributed by atoms with E-state index in [0.717, 1.165) is 23.2 Å². The molecule has 2 aromatic rings. The molecule has 0 saturated heterocycles. The van der Waals surface area contributed by atoms with Gasteiger partial charge in [0, 0.05) is 24.4 Å². The average molecular weight is 262 g/mol. The van der Waals surface area contributed by atoms with Crippen LogP contribution in [0.1, 0.15) is 35.3 Å². The number of benzene rings is 1. The molecule has 0 amide bonds. The first-order chi connectivity index (χ1) is 9.06. The summed E-state index contributed by atoms with van der Waals surface area (Å²) >= 11 is 0. The first kappa shape index (κ1) is 13.7. The lowest BCUT2D eigenvalue weighted by Gasteiger charge is -2.17. The molecule has 1 aromatic heterocycles. The predicted molar refractivity (Wildman–Crippen MR) is 72.9 cm³/mol. The maximum atomic E-state index is 14.0. The van der Waals surface area contributed by atoms with Crippen LogP contribution in [0.25, 0.3) is 0 Å². The fraction of sp³-hybridized carbons (Fsp3) is 0.357. The Hall–Kier alpha value is -1.72. The van der Waals surface area contributed by atoms with E-state index < -0.39 is 0 Å². The summed E-state index contributed by atoms with van der Waals surface area (Å²) in [5, 5.41) is 4.37. The van der Waals surface area contributed by atoms with Crippen LogP contribution in [0.5, 0.6) is 0 Å². The number of nitrogens with one attached hydrogen (secondary N) is 1.